The first kappa shape index (κ1) is 8.90. The molecule has 10 heavy (non-hydrogen) atoms. The number of amides is 1. The molecule has 0 saturated heterocycles. The predicted octanol–water partition coefficient (Wildman–Crippen LogP) is -1.51. The molecular weight excluding hydrogens is 136 g/mol. The zero-order valence-electron chi connectivity index (χ0n) is 5.70. The lowest BCUT2D eigenvalue weighted by molar-refractivity contribution is -0.138. The molecule has 0 bridgehead atoms. The van der Waals surface area contributed by atoms with Crippen molar-refractivity contribution in [2.45, 2.75) is 0 Å². The van der Waals surface area contributed by atoms with Crippen LogP contribution in [-0.2, 0) is 9.59 Å². The Morgan fingerprint density at radius 3 is 2.30 bits per heavy atom. The lowest BCUT2D eigenvalue weighted by atomic mass is 10.5. The summed E-state index contributed by atoms with van der Waals surface area (Å²) in [5.74, 6) is -1.49. The van der Waals surface area contributed by atoms with Crippen LogP contribution in [0.5, 0.6) is 0 Å². The Morgan fingerprint density at radius 1 is 1.50 bits per heavy atom. The molecule has 1 amide bonds. The Bertz CT molecular complexity index is 130. The van der Waals surface area contributed by atoms with Crippen molar-refractivity contribution >= 4 is 11.9 Å². The highest BCUT2D eigenvalue weighted by Crippen LogP contribution is 1.78. The zero-order valence-corrected chi connectivity index (χ0v) is 5.70. The average molecular weight is 146 g/mol. The molecular formula is C5H10N2O3. The van der Waals surface area contributed by atoms with E-state index < -0.39 is 11.9 Å². The fourth-order valence-electron chi connectivity index (χ4n) is 0.553. The number of carbonyl (C=O) groups excluding carboxylic acids is 1. The average Bonchev–Trinajstić information content (AvgIpc) is 1.58. The number of rotatable bonds is 4. The van der Waals surface area contributed by atoms with Gasteiger partial charge in [0.2, 0.25) is 5.91 Å². The van der Waals surface area contributed by atoms with E-state index in [1.807, 2.05) is 0 Å². The van der Waals surface area contributed by atoms with Crippen LogP contribution in [0.25, 0.3) is 0 Å². The first-order valence-corrected chi connectivity index (χ1v) is 2.71. The van der Waals surface area contributed by atoms with Crippen LogP contribution in [0.3, 0.4) is 0 Å². The van der Waals surface area contributed by atoms with E-state index in [1.165, 1.54) is 11.9 Å². The normalized spacial score (nSPS) is 9.80. The quantitative estimate of drug-likeness (QED) is 0.505. The summed E-state index contributed by atoms with van der Waals surface area (Å²) in [4.78, 5) is 21.5. The van der Waals surface area contributed by atoms with E-state index in [0.717, 1.165) is 0 Å². The van der Waals surface area contributed by atoms with E-state index in [-0.39, 0.29) is 13.1 Å². The molecule has 0 unspecified atom stereocenters. The van der Waals surface area contributed by atoms with Crippen LogP contribution < -0.4 is 5.73 Å². The largest absolute Gasteiger partial charge is 0.480 e. The summed E-state index contributed by atoms with van der Waals surface area (Å²) < 4.78 is 0. The number of aliphatic carboxylic acids is 1. The van der Waals surface area contributed by atoms with Gasteiger partial charge in [-0.1, -0.05) is 0 Å². The van der Waals surface area contributed by atoms with Gasteiger partial charge in [0.15, 0.2) is 0 Å². The van der Waals surface area contributed by atoms with Crippen molar-refractivity contribution < 1.29 is 14.7 Å². The van der Waals surface area contributed by atoms with Gasteiger partial charge >= 0.3 is 5.97 Å². The number of likely N-dealkylation sites (N-methyl/N-ethyl adjacent to an activating group) is 1. The molecule has 5 heteroatoms. The highest BCUT2D eigenvalue weighted by atomic mass is 16.4. The molecule has 0 saturated carbocycles. The highest BCUT2D eigenvalue weighted by molar-refractivity contribution is 5.77. The van der Waals surface area contributed by atoms with E-state index in [9.17, 15) is 9.59 Å². The van der Waals surface area contributed by atoms with Crippen molar-refractivity contribution in [3.63, 3.8) is 0 Å². The molecule has 0 radical (unpaired) electrons. The van der Waals surface area contributed by atoms with Gasteiger partial charge < -0.3 is 10.8 Å². The molecule has 0 aliphatic carbocycles. The van der Waals surface area contributed by atoms with Gasteiger partial charge in [0.1, 0.15) is 0 Å². The topological polar surface area (TPSA) is 83.6 Å². The van der Waals surface area contributed by atoms with Gasteiger partial charge in [0, 0.05) is 0 Å². The van der Waals surface area contributed by atoms with Gasteiger partial charge in [0.05, 0.1) is 13.1 Å². The molecule has 58 valence electrons. The number of hydrogen-bond acceptors (Lipinski definition) is 3. The molecule has 0 aromatic carbocycles. The minimum atomic E-state index is -0.969. The number of nitrogens with two attached hydrogens (primary N) is 1. The van der Waals surface area contributed by atoms with Gasteiger partial charge in [-0.25, -0.2) is 0 Å². The second-order valence-electron chi connectivity index (χ2n) is 2.03. The molecule has 0 aromatic heterocycles. The van der Waals surface area contributed by atoms with Crippen molar-refractivity contribution in [2.75, 3.05) is 20.1 Å². The van der Waals surface area contributed by atoms with Crippen molar-refractivity contribution in [1.82, 2.24) is 4.90 Å². The lowest BCUT2D eigenvalue weighted by Crippen LogP contribution is -2.34. The Kier molecular flexibility index (Phi) is 3.42. The van der Waals surface area contributed by atoms with E-state index >= 15 is 0 Å². The first-order valence-electron chi connectivity index (χ1n) is 2.71. The van der Waals surface area contributed by atoms with E-state index in [1.54, 1.807) is 0 Å². The summed E-state index contributed by atoms with van der Waals surface area (Å²) in [6, 6.07) is 0. The van der Waals surface area contributed by atoms with Crippen molar-refractivity contribution in [3.8, 4) is 0 Å². The van der Waals surface area contributed by atoms with Crippen LogP contribution >= 0.6 is 0 Å². The Hall–Kier alpha value is -1.10. The molecule has 0 aliphatic rings. The van der Waals surface area contributed by atoms with Gasteiger partial charge in [0.25, 0.3) is 0 Å². The summed E-state index contributed by atoms with van der Waals surface area (Å²) in [5.41, 5.74) is 4.80. The number of primary amides is 1. The van der Waals surface area contributed by atoms with Crippen LogP contribution in [0.15, 0.2) is 0 Å². The van der Waals surface area contributed by atoms with Crippen LogP contribution in [-0.4, -0.2) is 42.0 Å². The SMILES string of the molecule is CN(CC(N)=O)CC(=O)O. The third-order valence-corrected chi connectivity index (χ3v) is 0.831. The Labute approximate surface area is 58.4 Å². The molecule has 0 spiro atoms. The van der Waals surface area contributed by atoms with Gasteiger partial charge in [-0.05, 0) is 7.05 Å². The van der Waals surface area contributed by atoms with Crippen LogP contribution in [0.1, 0.15) is 0 Å². The van der Waals surface area contributed by atoms with E-state index in [4.69, 9.17) is 10.8 Å². The number of hydrogen-bond donors (Lipinski definition) is 2. The minimum absolute atomic E-state index is 0.0215. The lowest BCUT2D eigenvalue weighted by Gasteiger charge is -2.09. The summed E-state index contributed by atoms with van der Waals surface area (Å²) in [6.07, 6.45) is 0. The van der Waals surface area contributed by atoms with Crippen LogP contribution in [0, 0.1) is 0 Å². The molecule has 0 fully saturated rings. The van der Waals surface area contributed by atoms with E-state index in [0.29, 0.717) is 0 Å². The Morgan fingerprint density at radius 2 is 2.00 bits per heavy atom. The van der Waals surface area contributed by atoms with Crippen molar-refractivity contribution in [2.24, 2.45) is 5.73 Å². The number of carbonyl (C=O) groups is 2. The number of carboxylic acids is 1. The van der Waals surface area contributed by atoms with Crippen LogP contribution in [0.4, 0.5) is 0 Å². The maximum Gasteiger partial charge on any atom is 0.317 e. The molecule has 0 heterocycles. The third kappa shape index (κ3) is 5.04. The highest BCUT2D eigenvalue weighted by Gasteiger charge is 2.05. The molecule has 5 nitrogen and oxygen atoms in total. The number of carboxylic acid groups (broad SMARTS) is 1. The summed E-state index contributed by atoms with van der Waals surface area (Å²) in [7, 11) is 1.51. The van der Waals surface area contributed by atoms with Gasteiger partial charge in [-0.15, -0.1) is 0 Å². The molecule has 3 N–H and O–H groups in total. The smallest absolute Gasteiger partial charge is 0.317 e. The molecule has 0 aromatic rings. The minimum Gasteiger partial charge on any atom is -0.480 e. The third-order valence-electron chi connectivity index (χ3n) is 0.831. The predicted molar refractivity (Wildman–Crippen MR) is 34.3 cm³/mol. The van der Waals surface area contributed by atoms with Crippen LogP contribution in [0.2, 0.25) is 0 Å². The first-order chi connectivity index (χ1) is 4.52. The standard InChI is InChI=1S/C5H10N2O3/c1-7(2-4(6)8)3-5(9)10/h2-3H2,1H3,(H2,6,8)(H,9,10). The fourth-order valence-corrected chi connectivity index (χ4v) is 0.553. The molecule has 0 aliphatic heterocycles. The second-order valence-corrected chi connectivity index (χ2v) is 2.03. The van der Waals surface area contributed by atoms with Gasteiger partial charge in [-0.2, -0.15) is 0 Å². The maximum absolute atomic E-state index is 10.2. The number of nitrogens with zero attached hydrogens (tertiary/aromatic N) is 1. The van der Waals surface area contributed by atoms with Gasteiger partial charge in [-0.3, -0.25) is 14.5 Å². The van der Waals surface area contributed by atoms with E-state index in [2.05, 4.69) is 0 Å². The monoisotopic (exact) mass is 146 g/mol. The second kappa shape index (κ2) is 3.84. The van der Waals surface area contributed by atoms with Crippen molar-refractivity contribution in [1.29, 1.82) is 0 Å². The Balaban J connectivity index is 3.53. The summed E-state index contributed by atoms with van der Waals surface area (Å²) in [6.45, 7) is -0.185. The molecule has 0 rings (SSSR count). The fraction of sp³-hybridized carbons (Fsp3) is 0.600. The summed E-state index contributed by atoms with van der Waals surface area (Å²) >= 11 is 0. The van der Waals surface area contributed by atoms with Crippen molar-refractivity contribution in [3.05, 3.63) is 0 Å². The summed E-state index contributed by atoms with van der Waals surface area (Å²) in [5, 5.41) is 8.20. The molecule has 0 atom stereocenters. The zero-order chi connectivity index (χ0) is 8.15. The maximum atomic E-state index is 10.2.